The average molecular weight is 318 g/mol. The minimum atomic E-state index is -0.977. The molecule has 0 aliphatic carbocycles. The van der Waals surface area contributed by atoms with Gasteiger partial charge >= 0.3 is 17.8 Å². The second-order valence-corrected chi connectivity index (χ2v) is 5.21. The molecule has 5 amide bonds. The Morgan fingerprint density at radius 2 is 1.61 bits per heavy atom. The van der Waals surface area contributed by atoms with Gasteiger partial charge in [-0.05, 0) is 31.2 Å². The van der Waals surface area contributed by atoms with Crippen LogP contribution in [0, 0.1) is 0 Å². The van der Waals surface area contributed by atoms with E-state index in [2.05, 4.69) is 5.32 Å². The van der Waals surface area contributed by atoms with Crippen LogP contribution in [-0.2, 0) is 14.4 Å². The van der Waals surface area contributed by atoms with Gasteiger partial charge in [0.15, 0.2) is 0 Å². The lowest BCUT2D eigenvalue weighted by molar-refractivity contribution is -0.143. The molecule has 0 unspecified atom stereocenters. The Morgan fingerprint density at radius 1 is 1.04 bits per heavy atom. The van der Waals surface area contributed by atoms with Gasteiger partial charge < -0.3 is 10.2 Å². The number of anilines is 2. The number of nitrogens with zero attached hydrogens (tertiary/aromatic N) is 3. The van der Waals surface area contributed by atoms with Crippen LogP contribution in [0.1, 0.15) is 6.92 Å². The van der Waals surface area contributed by atoms with Crippen molar-refractivity contribution in [3.63, 3.8) is 0 Å². The van der Waals surface area contributed by atoms with Crippen LogP contribution < -0.4 is 10.2 Å². The molecular formula is C15H18N4O4. The molecule has 23 heavy (non-hydrogen) atoms. The number of nitrogens with one attached hydrogen (secondary N) is 1. The van der Waals surface area contributed by atoms with Crippen LogP contribution >= 0.6 is 0 Å². The van der Waals surface area contributed by atoms with E-state index in [-0.39, 0.29) is 6.54 Å². The van der Waals surface area contributed by atoms with Gasteiger partial charge in [0.2, 0.25) is 5.91 Å². The Kier molecular flexibility index (Phi) is 4.63. The van der Waals surface area contributed by atoms with Crippen molar-refractivity contribution in [2.24, 2.45) is 0 Å². The lowest BCUT2D eigenvalue weighted by Crippen LogP contribution is -2.38. The molecule has 0 aromatic heterocycles. The van der Waals surface area contributed by atoms with Gasteiger partial charge in [0, 0.05) is 32.0 Å². The molecule has 1 aliphatic rings. The maximum absolute atomic E-state index is 12.0. The molecule has 2 rings (SSSR count). The zero-order chi connectivity index (χ0) is 17.1. The Balaban J connectivity index is 2.01. The third-order valence-corrected chi connectivity index (χ3v) is 3.42. The Labute approximate surface area is 133 Å². The van der Waals surface area contributed by atoms with E-state index in [0.717, 1.165) is 10.6 Å². The van der Waals surface area contributed by atoms with Crippen molar-refractivity contribution in [2.75, 3.05) is 37.4 Å². The summed E-state index contributed by atoms with van der Waals surface area (Å²) in [6.45, 7) is 1.18. The van der Waals surface area contributed by atoms with E-state index in [1.54, 1.807) is 19.1 Å². The summed E-state index contributed by atoms with van der Waals surface area (Å²) in [5.74, 6) is -2.43. The predicted octanol–water partition coefficient (Wildman–Crippen LogP) is 0.502. The third kappa shape index (κ3) is 3.31. The first-order chi connectivity index (χ1) is 10.8. The number of benzene rings is 1. The molecule has 0 radical (unpaired) electrons. The minimum absolute atomic E-state index is 0.0908. The van der Waals surface area contributed by atoms with Gasteiger partial charge in [-0.15, -0.1) is 0 Å². The summed E-state index contributed by atoms with van der Waals surface area (Å²) in [4.78, 5) is 50.5. The molecule has 0 spiro atoms. The smallest absolute Gasteiger partial charge is 0.334 e. The number of urea groups is 1. The number of amides is 5. The van der Waals surface area contributed by atoms with Crippen molar-refractivity contribution in [3.05, 3.63) is 24.3 Å². The highest BCUT2D eigenvalue weighted by molar-refractivity contribution is 6.45. The Bertz CT molecular complexity index is 654. The molecule has 0 bridgehead atoms. The van der Waals surface area contributed by atoms with E-state index in [0.29, 0.717) is 10.6 Å². The van der Waals surface area contributed by atoms with Gasteiger partial charge in [0.05, 0.1) is 0 Å². The van der Waals surface area contributed by atoms with Crippen LogP contribution in [0.2, 0.25) is 0 Å². The molecule has 8 nitrogen and oxygen atoms in total. The zero-order valence-corrected chi connectivity index (χ0v) is 13.2. The maximum Gasteiger partial charge on any atom is 0.334 e. The number of imide groups is 2. The molecule has 0 saturated carbocycles. The zero-order valence-electron chi connectivity index (χ0n) is 13.2. The van der Waals surface area contributed by atoms with Gasteiger partial charge in [-0.1, -0.05) is 0 Å². The van der Waals surface area contributed by atoms with Crippen LogP contribution in [-0.4, -0.2) is 60.7 Å². The van der Waals surface area contributed by atoms with E-state index in [4.69, 9.17) is 0 Å². The molecule has 1 aromatic carbocycles. The topological polar surface area (TPSA) is 90.0 Å². The van der Waals surface area contributed by atoms with Crippen molar-refractivity contribution in [1.29, 1.82) is 0 Å². The molecule has 8 heteroatoms. The van der Waals surface area contributed by atoms with Crippen LogP contribution in [0.4, 0.5) is 16.2 Å². The highest BCUT2D eigenvalue weighted by Gasteiger charge is 2.44. The van der Waals surface area contributed by atoms with Crippen LogP contribution in [0.25, 0.3) is 0 Å². The number of carbonyl (C=O) groups excluding carboxylic acids is 4. The molecule has 1 aromatic rings. The first kappa shape index (κ1) is 16.5. The van der Waals surface area contributed by atoms with Crippen molar-refractivity contribution >= 4 is 35.1 Å². The van der Waals surface area contributed by atoms with Gasteiger partial charge in [0.25, 0.3) is 0 Å². The maximum atomic E-state index is 12.0. The first-order valence-corrected chi connectivity index (χ1v) is 7.09. The molecule has 1 heterocycles. The van der Waals surface area contributed by atoms with Crippen molar-refractivity contribution < 1.29 is 19.2 Å². The standard InChI is InChI=1S/C15H18N4O4/c1-4-18-13(21)14(22)19(15(18)23)9-12(20)16-10-5-7-11(8-6-10)17(2)3/h5-8H,4,9H2,1-3H3,(H,16,20). The van der Waals surface area contributed by atoms with Gasteiger partial charge in [-0.3, -0.25) is 19.3 Å². The highest BCUT2D eigenvalue weighted by atomic mass is 16.2. The van der Waals surface area contributed by atoms with Crippen LogP contribution in [0.15, 0.2) is 24.3 Å². The molecule has 0 atom stereocenters. The Hall–Kier alpha value is -2.90. The molecule has 1 aliphatic heterocycles. The fraction of sp³-hybridized carbons (Fsp3) is 0.333. The number of rotatable bonds is 5. The lowest BCUT2D eigenvalue weighted by Gasteiger charge is -2.15. The summed E-state index contributed by atoms with van der Waals surface area (Å²) < 4.78 is 0. The summed E-state index contributed by atoms with van der Waals surface area (Å²) in [7, 11) is 3.79. The molecule has 1 fully saturated rings. The van der Waals surface area contributed by atoms with Crippen LogP contribution in [0.3, 0.4) is 0 Å². The number of hydrogen-bond donors (Lipinski definition) is 1. The largest absolute Gasteiger partial charge is 0.378 e. The molecule has 1 N–H and O–H groups in total. The quantitative estimate of drug-likeness (QED) is 0.631. The summed E-state index contributed by atoms with van der Waals surface area (Å²) in [5, 5.41) is 2.59. The fourth-order valence-corrected chi connectivity index (χ4v) is 2.16. The van der Waals surface area contributed by atoms with Gasteiger partial charge in [0.1, 0.15) is 6.54 Å². The van der Waals surface area contributed by atoms with E-state index in [9.17, 15) is 19.2 Å². The fourth-order valence-electron chi connectivity index (χ4n) is 2.16. The van der Waals surface area contributed by atoms with Gasteiger partial charge in [-0.25, -0.2) is 9.69 Å². The van der Waals surface area contributed by atoms with Gasteiger partial charge in [-0.2, -0.15) is 0 Å². The van der Waals surface area contributed by atoms with E-state index >= 15 is 0 Å². The van der Waals surface area contributed by atoms with Crippen molar-refractivity contribution in [3.8, 4) is 0 Å². The second kappa shape index (κ2) is 6.47. The number of carbonyl (C=O) groups is 4. The summed E-state index contributed by atoms with van der Waals surface area (Å²) >= 11 is 0. The lowest BCUT2D eigenvalue weighted by atomic mass is 10.2. The van der Waals surface area contributed by atoms with Crippen molar-refractivity contribution in [2.45, 2.75) is 6.92 Å². The predicted molar refractivity (Wildman–Crippen MR) is 83.9 cm³/mol. The normalized spacial score (nSPS) is 14.5. The number of likely N-dealkylation sites (N-methyl/N-ethyl adjacent to an activating group) is 1. The van der Waals surface area contributed by atoms with Crippen LogP contribution in [0.5, 0.6) is 0 Å². The summed E-state index contributed by atoms with van der Waals surface area (Å²) in [6.07, 6.45) is 0. The van der Waals surface area contributed by atoms with Crippen molar-refractivity contribution in [1.82, 2.24) is 9.80 Å². The average Bonchev–Trinajstić information content (AvgIpc) is 2.71. The summed E-state index contributed by atoms with van der Waals surface area (Å²) in [5.41, 5.74) is 1.51. The Morgan fingerprint density at radius 3 is 2.09 bits per heavy atom. The molecular weight excluding hydrogens is 300 g/mol. The molecule has 1 saturated heterocycles. The SMILES string of the molecule is CCN1C(=O)C(=O)N(CC(=O)Nc2ccc(N(C)C)cc2)C1=O. The number of hydrogen-bond acceptors (Lipinski definition) is 5. The summed E-state index contributed by atoms with van der Waals surface area (Å²) in [6, 6.07) is 6.31. The van der Waals surface area contributed by atoms with E-state index < -0.39 is 30.3 Å². The third-order valence-electron chi connectivity index (χ3n) is 3.42. The van der Waals surface area contributed by atoms with E-state index in [1.165, 1.54) is 0 Å². The highest BCUT2D eigenvalue weighted by Crippen LogP contribution is 2.16. The minimum Gasteiger partial charge on any atom is -0.378 e. The van der Waals surface area contributed by atoms with E-state index in [1.807, 2.05) is 31.1 Å². The molecule has 122 valence electrons. The second-order valence-electron chi connectivity index (χ2n) is 5.21. The first-order valence-electron chi connectivity index (χ1n) is 7.09. The monoisotopic (exact) mass is 318 g/mol.